The average molecular weight is 202 g/mol. The SMILES string of the molecule is CC.CC1CCCN(C=O)C1.CNC. The van der Waals surface area contributed by atoms with Gasteiger partial charge in [0.1, 0.15) is 0 Å². The zero-order chi connectivity index (χ0) is 11.4. The van der Waals surface area contributed by atoms with Gasteiger partial charge in [0, 0.05) is 13.1 Å². The van der Waals surface area contributed by atoms with E-state index in [1.165, 1.54) is 12.8 Å². The third kappa shape index (κ3) is 9.52. The lowest BCUT2D eigenvalue weighted by Crippen LogP contribution is -2.32. The van der Waals surface area contributed by atoms with Gasteiger partial charge in [-0.1, -0.05) is 20.8 Å². The van der Waals surface area contributed by atoms with Crippen molar-refractivity contribution < 1.29 is 4.79 Å². The van der Waals surface area contributed by atoms with Gasteiger partial charge in [-0.2, -0.15) is 0 Å². The first-order chi connectivity index (χ1) is 6.74. The Morgan fingerprint density at radius 3 is 2.14 bits per heavy atom. The van der Waals surface area contributed by atoms with E-state index < -0.39 is 0 Å². The summed E-state index contributed by atoms with van der Waals surface area (Å²) in [7, 11) is 3.75. The molecule has 0 spiro atoms. The van der Waals surface area contributed by atoms with Gasteiger partial charge in [-0.25, -0.2) is 0 Å². The second kappa shape index (κ2) is 12.4. The topological polar surface area (TPSA) is 32.3 Å². The molecule has 0 radical (unpaired) electrons. The summed E-state index contributed by atoms with van der Waals surface area (Å²) < 4.78 is 0. The molecule has 3 nitrogen and oxygen atoms in total. The second-order valence-electron chi connectivity index (χ2n) is 3.35. The molecule has 0 aliphatic carbocycles. The summed E-state index contributed by atoms with van der Waals surface area (Å²) in [6.07, 6.45) is 3.42. The van der Waals surface area contributed by atoms with Gasteiger partial charge in [0.15, 0.2) is 0 Å². The maximum atomic E-state index is 10.2. The minimum absolute atomic E-state index is 0.712. The van der Waals surface area contributed by atoms with Gasteiger partial charge in [-0.05, 0) is 32.9 Å². The monoisotopic (exact) mass is 202 g/mol. The fourth-order valence-corrected chi connectivity index (χ4v) is 1.32. The van der Waals surface area contributed by atoms with Crippen molar-refractivity contribution in [3.63, 3.8) is 0 Å². The molecule has 0 aromatic carbocycles. The molecule has 1 atom stereocenters. The van der Waals surface area contributed by atoms with Gasteiger partial charge in [-0.15, -0.1) is 0 Å². The minimum Gasteiger partial charge on any atom is -0.345 e. The number of amides is 1. The third-order valence-corrected chi connectivity index (χ3v) is 1.84. The number of hydrogen-bond acceptors (Lipinski definition) is 2. The highest BCUT2D eigenvalue weighted by molar-refractivity contribution is 5.47. The Bertz CT molecular complexity index is 118. The summed E-state index contributed by atoms with van der Waals surface area (Å²) in [5, 5.41) is 2.75. The number of likely N-dealkylation sites (tertiary alicyclic amines) is 1. The van der Waals surface area contributed by atoms with E-state index in [4.69, 9.17) is 0 Å². The van der Waals surface area contributed by atoms with E-state index in [-0.39, 0.29) is 0 Å². The van der Waals surface area contributed by atoms with Crippen molar-refractivity contribution in [2.24, 2.45) is 5.92 Å². The van der Waals surface area contributed by atoms with Crippen LogP contribution in [0.2, 0.25) is 0 Å². The van der Waals surface area contributed by atoms with Crippen molar-refractivity contribution in [1.82, 2.24) is 10.2 Å². The first kappa shape index (κ1) is 15.9. The molecular weight excluding hydrogens is 176 g/mol. The zero-order valence-corrected chi connectivity index (χ0v) is 10.3. The molecule has 1 rings (SSSR count). The molecule has 1 heterocycles. The molecule has 1 aliphatic rings. The number of piperidine rings is 1. The maximum absolute atomic E-state index is 10.2. The van der Waals surface area contributed by atoms with Gasteiger partial charge in [0.2, 0.25) is 6.41 Å². The van der Waals surface area contributed by atoms with Crippen LogP contribution in [0.15, 0.2) is 0 Å². The van der Waals surface area contributed by atoms with Crippen LogP contribution in [0.1, 0.15) is 33.6 Å². The predicted octanol–water partition coefficient (Wildman–Crippen LogP) is 1.74. The molecule has 86 valence electrons. The molecule has 0 aromatic rings. The van der Waals surface area contributed by atoms with E-state index >= 15 is 0 Å². The van der Waals surface area contributed by atoms with Crippen LogP contribution in [0.25, 0.3) is 0 Å². The van der Waals surface area contributed by atoms with E-state index in [1.54, 1.807) is 0 Å². The zero-order valence-electron chi connectivity index (χ0n) is 10.3. The van der Waals surface area contributed by atoms with Gasteiger partial charge >= 0.3 is 0 Å². The molecule has 0 saturated carbocycles. The van der Waals surface area contributed by atoms with Crippen LogP contribution in [-0.2, 0) is 4.79 Å². The van der Waals surface area contributed by atoms with Crippen LogP contribution in [0.3, 0.4) is 0 Å². The normalized spacial score (nSPS) is 19.8. The van der Waals surface area contributed by atoms with Crippen molar-refractivity contribution in [3.8, 4) is 0 Å². The lowest BCUT2D eigenvalue weighted by Gasteiger charge is -2.27. The van der Waals surface area contributed by atoms with Crippen LogP contribution in [-0.4, -0.2) is 38.5 Å². The van der Waals surface area contributed by atoms with E-state index in [0.29, 0.717) is 5.92 Å². The van der Waals surface area contributed by atoms with Gasteiger partial charge in [0.25, 0.3) is 0 Å². The van der Waals surface area contributed by atoms with Crippen molar-refractivity contribution >= 4 is 6.41 Å². The number of hydrogen-bond donors (Lipinski definition) is 1. The third-order valence-electron chi connectivity index (χ3n) is 1.84. The molecule has 0 aromatic heterocycles. The number of rotatable bonds is 1. The Morgan fingerprint density at radius 2 is 1.86 bits per heavy atom. The standard InChI is InChI=1S/C7H13NO.C2H7N.C2H6/c1-7-3-2-4-8(5-7)6-9;1-3-2;1-2/h6-7H,2-5H2,1H3;3H,1-2H3;1-2H3. The van der Waals surface area contributed by atoms with Crippen molar-refractivity contribution in [2.45, 2.75) is 33.6 Å². The summed E-state index contributed by atoms with van der Waals surface area (Å²) in [4.78, 5) is 12.1. The Balaban J connectivity index is 0. The largest absolute Gasteiger partial charge is 0.345 e. The lowest BCUT2D eigenvalue weighted by atomic mass is 10.0. The summed E-state index contributed by atoms with van der Waals surface area (Å²) >= 11 is 0. The fraction of sp³-hybridized carbons (Fsp3) is 0.909. The van der Waals surface area contributed by atoms with Gasteiger partial charge in [-0.3, -0.25) is 4.79 Å². The van der Waals surface area contributed by atoms with Crippen LogP contribution in [0.4, 0.5) is 0 Å². The molecule has 1 N–H and O–H groups in total. The highest BCUT2D eigenvalue weighted by atomic mass is 16.1. The summed E-state index contributed by atoms with van der Waals surface area (Å²) in [5.74, 6) is 0.712. The Morgan fingerprint density at radius 1 is 1.36 bits per heavy atom. The van der Waals surface area contributed by atoms with Crippen molar-refractivity contribution in [1.29, 1.82) is 0 Å². The number of carbonyl (C=O) groups excluding carboxylic acids is 1. The Hall–Kier alpha value is -0.570. The number of nitrogens with zero attached hydrogens (tertiary/aromatic N) is 1. The molecule has 1 amide bonds. The molecule has 14 heavy (non-hydrogen) atoms. The van der Waals surface area contributed by atoms with Gasteiger partial charge in [0.05, 0.1) is 0 Å². The van der Waals surface area contributed by atoms with Crippen LogP contribution in [0, 0.1) is 5.92 Å². The van der Waals surface area contributed by atoms with Gasteiger partial charge < -0.3 is 10.2 Å². The highest BCUT2D eigenvalue weighted by Gasteiger charge is 2.13. The quantitative estimate of drug-likeness (QED) is 0.657. The highest BCUT2D eigenvalue weighted by Crippen LogP contribution is 2.13. The van der Waals surface area contributed by atoms with Crippen LogP contribution >= 0.6 is 0 Å². The van der Waals surface area contributed by atoms with Crippen LogP contribution < -0.4 is 5.32 Å². The summed E-state index contributed by atoms with van der Waals surface area (Å²) in [6.45, 7) is 8.12. The Labute approximate surface area is 88.9 Å². The molecule has 1 unspecified atom stereocenters. The van der Waals surface area contributed by atoms with E-state index in [9.17, 15) is 4.79 Å². The molecular formula is C11H26N2O. The molecule has 0 bridgehead atoms. The minimum atomic E-state index is 0.712. The van der Waals surface area contributed by atoms with E-state index in [0.717, 1.165) is 19.5 Å². The number of carbonyl (C=O) groups is 1. The molecule has 3 heteroatoms. The predicted molar refractivity (Wildman–Crippen MR) is 62.4 cm³/mol. The van der Waals surface area contributed by atoms with E-state index in [2.05, 4.69) is 12.2 Å². The molecule has 1 fully saturated rings. The molecule has 1 saturated heterocycles. The molecule has 1 aliphatic heterocycles. The second-order valence-corrected chi connectivity index (χ2v) is 3.35. The lowest BCUT2D eigenvalue weighted by molar-refractivity contribution is -0.119. The Kier molecular flexibility index (Phi) is 14.1. The maximum Gasteiger partial charge on any atom is 0.209 e. The van der Waals surface area contributed by atoms with Crippen LogP contribution in [0.5, 0.6) is 0 Å². The fourth-order valence-electron chi connectivity index (χ4n) is 1.32. The first-order valence-electron chi connectivity index (χ1n) is 5.52. The summed E-state index contributed by atoms with van der Waals surface area (Å²) in [5.41, 5.74) is 0. The average Bonchev–Trinajstić information content (AvgIpc) is 2.22. The summed E-state index contributed by atoms with van der Waals surface area (Å²) in [6, 6.07) is 0. The van der Waals surface area contributed by atoms with E-state index in [1.807, 2.05) is 32.8 Å². The number of nitrogens with one attached hydrogen (secondary N) is 1. The van der Waals surface area contributed by atoms with Crippen molar-refractivity contribution in [2.75, 3.05) is 27.2 Å². The van der Waals surface area contributed by atoms with Crippen molar-refractivity contribution in [3.05, 3.63) is 0 Å². The smallest absolute Gasteiger partial charge is 0.209 e. The first-order valence-corrected chi connectivity index (χ1v) is 5.52.